The number of nitrogens with one attached hydrogen (secondary N) is 1. The van der Waals surface area contributed by atoms with Gasteiger partial charge in [0.05, 0.1) is 0 Å². The largest absolute Gasteiger partial charge is 0.372 e. The van der Waals surface area contributed by atoms with Gasteiger partial charge in [-0.3, -0.25) is 0 Å². The first-order valence-electron chi connectivity index (χ1n) is 7.49. The summed E-state index contributed by atoms with van der Waals surface area (Å²) in [7, 11) is 0. The van der Waals surface area contributed by atoms with Crippen LogP contribution in [0.5, 0.6) is 0 Å². The molecule has 0 amide bonds. The average molecular weight is 244 g/mol. The van der Waals surface area contributed by atoms with Gasteiger partial charge in [0.1, 0.15) is 0 Å². The van der Waals surface area contributed by atoms with Crippen molar-refractivity contribution in [3.63, 3.8) is 0 Å². The van der Waals surface area contributed by atoms with E-state index in [4.69, 9.17) is 0 Å². The maximum atomic E-state index is 3.45. The minimum Gasteiger partial charge on any atom is -0.372 e. The molecule has 18 heavy (non-hydrogen) atoms. The Labute approximate surface area is 110 Å². The van der Waals surface area contributed by atoms with Crippen LogP contribution in [0.25, 0.3) is 0 Å². The molecule has 2 aliphatic rings. The Morgan fingerprint density at radius 3 is 2.56 bits per heavy atom. The molecule has 1 N–H and O–H groups in total. The fourth-order valence-electron chi connectivity index (χ4n) is 3.28. The second-order valence-corrected chi connectivity index (χ2v) is 5.67. The van der Waals surface area contributed by atoms with E-state index in [2.05, 4.69) is 34.5 Å². The monoisotopic (exact) mass is 244 g/mol. The van der Waals surface area contributed by atoms with Crippen molar-refractivity contribution in [1.29, 1.82) is 0 Å². The molecule has 0 spiro atoms. The molecular weight excluding hydrogens is 220 g/mol. The first kappa shape index (κ1) is 12.0. The van der Waals surface area contributed by atoms with Gasteiger partial charge in [0.25, 0.3) is 0 Å². The van der Waals surface area contributed by atoms with Crippen LogP contribution in [0, 0.1) is 0 Å². The standard InChI is InChI=1S/C16H24N2/c1-2-11-18(12-3-1)16-6-4-5-15(13-16)14-7-9-17-10-8-14/h4-6,13-14,17H,1-3,7-12H2. The van der Waals surface area contributed by atoms with Gasteiger partial charge in [0.2, 0.25) is 0 Å². The molecule has 1 aromatic rings. The summed E-state index contributed by atoms with van der Waals surface area (Å²) in [4.78, 5) is 2.56. The number of piperidine rings is 2. The second kappa shape index (κ2) is 5.75. The van der Waals surface area contributed by atoms with E-state index in [9.17, 15) is 0 Å². The molecule has 2 saturated heterocycles. The normalized spacial score (nSPS) is 22.1. The Morgan fingerprint density at radius 1 is 1.00 bits per heavy atom. The van der Waals surface area contributed by atoms with Gasteiger partial charge in [-0.25, -0.2) is 0 Å². The maximum Gasteiger partial charge on any atom is 0.0369 e. The van der Waals surface area contributed by atoms with Crippen LogP contribution >= 0.6 is 0 Å². The number of hydrogen-bond acceptors (Lipinski definition) is 2. The third kappa shape index (κ3) is 2.69. The van der Waals surface area contributed by atoms with Crippen molar-refractivity contribution in [2.45, 2.75) is 38.0 Å². The second-order valence-electron chi connectivity index (χ2n) is 5.67. The van der Waals surface area contributed by atoms with Gasteiger partial charge in [-0.2, -0.15) is 0 Å². The molecule has 0 radical (unpaired) electrons. The van der Waals surface area contributed by atoms with Crippen LogP contribution in [0.1, 0.15) is 43.6 Å². The molecule has 0 aliphatic carbocycles. The smallest absolute Gasteiger partial charge is 0.0369 e. The van der Waals surface area contributed by atoms with E-state index in [1.165, 1.54) is 64.0 Å². The summed E-state index contributed by atoms with van der Waals surface area (Å²) in [5.74, 6) is 0.774. The van der Waals surface area contributed by atoms with Crippen LogP contribution in [0.3, 0.4) is 0 Å². The summed E-state index contributed by atoms with van der Waals surface area (Å²) in [5.41, 5.74) is 3.00. The van der Waals surface area contributed by atoms with Gasteiger partial charge < -0.3 is 10.2 Å². The quantitative estimate of drug-likeness (QED) is 0.860. The molecule has 2 aliphatic heterocycles. The zero-order chi connectivity index (χ0) is 12.2. The average Bonchev–Trinajstić information content (AvgIpc) is 2.49. The fraction of sp³-hybridized carbons (Fsp3) is 0.625. The molecule has 2 fully saturated rings. The number of benzene rings is 1. The van der Waals surface area contributed by atoms with Crippen LogP contribution < -0.4 is 10.2 Å². The van der Waals surface area contributed by atoms with Crippen LogP contribution in [0.4, 0.5) is 5.69 Å². The Bertz CT molecular complexity index is 343. The lowest BCUT2D eigenvalue weighted by Crippen LogP contribution is -2.30. The zero-order valence-electron chi connectivity index (χ0n) is 11.2. The maximum absolute atomic E-state index is 3.45. The zero-order valence-corrected chi connectivity index (χ0v) is 11.2. The Kier molecular flexibility index (Phi) is 3.84. The Balaban J connectivity index is 1.75. The van der Waals surface area contributed by atoms with E-state index in [1.807, 2.05) is 0 Å². The highest BCUT2D eigenvalue weighted by atomic mass is 15.1. The number of rotatable bonds is 2. The van der Waals surface area contributed by atoms with E-state index in [1.54, 1.807) is 5.56 Å². The molecule has 2 nitrogen and oxygen atoms in total. The molecule has 0 aromatic heterocycles. The molecule has 0 saturated carbocycles. The highest BCUT2D eigenvalue weighted by Gasteiger charge is 2.17. The summed E-state index contributed by atoms with van der Waals surface area (Å²) < 4.78 is 0. The van der Waals surface area contributed by atoms with Gasteiger partial charge in [-0.05, 0) is 68.8 Å². The summed E-state index contributed by atoms with van der Waals surface area (Å²) in [6.07, 6.45) is 6.71. The number of hydrogen-bond donors (Lipinski definition) is 1. The van der Waals surface area contributed by atoms with Crippen molar-refractivity contribution in [3.8, 4) is 0 Å². The first-order valence-corrected chi connectivity index (χ1v) is 7.49. The van der Waals surface area contributed by atoms with Crippen LogP contribution in [0.15, 0.2) is 24.3 Å². The molecule has 2 heterocycles. The highest BCUT2D eigenvalue weighted by Crippen LogP contribution is 2.29. The van der Waals surface area contributed by atoms with Crippen molar-refractivity contribution in [2.75, 3.05) is 31.1 Å². The molecule has 0 atom stereocenters. The van der Waals surface area contributed by atoms with Gasteiger partial charge in [-0.15, -0.1) is 0 Å². The third-order valence-electron chi connectivity index (χ3n) is 4.40. The molecule has 1 aromatic carbocycles. The van der Waals surface area contributed by atoms with E-state index in [-0.39, 0.29) is 0 Å². The van der Waals surface area contributed by atoms with Gasteiger partial charge >= 0.3 is 0 Å². The van der Waals surface area contributed by atoms with Crippen molar-refractivity contribution in [1.82, 2.24) is 5.32 Å². The molecule has 98 valence electrons. The van der Waals surface area contributed by atoms with Gasteiger partial charge in [0, 0.05) is 18.8 Å². The summed E-state index contributed by atoms with van der Waals surface area (Å²) in [6, 6.07) is 9.31. The predicted molar refractivity (Wildman–Crippen MR) is 77.4 cm³/mol. The Morgan fingerprint density at radius 2 is 1.78 bits per heavy atom. The minimum atomic E-state index is 0.774. The van der Waals surface area contributed by atoms with E-state index >= 15 is 0 Å². The molecule has 2 heteroatoms. The minimum absolute atomic E-state index is 0.774. The molecule has 0 bridgehead atoms. The SMILES string of the molecule is c1cc(C2CCNCC2)cc(N2CCCCC2)c1. The highest BCUT2D eigenvalue weighted by molar-refractivity contribution is 5.49. The first-order chi connectivity index (χ1) is 8.93. The van der Waals surface area contributed by atoms with E-state index in [0.29, 0.717) is 0 Å². The Hall–Kier alpha value is -1.02. The van der Waals surface area contributed by atoms with Gasteiger partial charge in [0.15, 0.2) is 0 Å². The third-order valence-corrected chi connectivity index (χ3v) is 4.40. The van der Waals surface area contributed by atoms with Crippen LogP contribution in [-0.2, 0) is 0 Å². The van der Waals surface area contributed by atoms with Crippen molar-refractivity contribution >= 4 is 5.69 Å². The van der Waals surface area contributed by atoms with Crippen LogP contribution in [0.2, 0.25) is 0 Å². The van der Waals surface area contributed by atoms with Crippen molar-refractivity contribution < 1.29 is 0 Å². The van der Waals surface area contributed by atoms with E-state index < -0.39 is 0 Å². The lowest BCUT2D eigenvalue weighted by Gasteiger charge is -2.30. The molecule has 0 unspecified atom stereocenters. The van der Waals surface area contributed by atoms with Crippen molar-refractivity contribution in [3.05, 3.63) is 29.8 Å². The summed E-state index contributed by atoms with van der Waals surface area (Å²) in [5, 5.41) is 3.45. The summed E-state index contributed by atoms with van der Waals surface area (Å²) >= 11 is 0. The molecular formula is C16H24N2. The fourth-order valence-corrected chi connectivity index (χ4v) is 3.28. The topological polar surface area (TPSA) is 15.3 Å². The predicted octanol–water partition coefficient (Wildman–Crippen LogP) is 3.14. The lowest BCUT2D eigenvalue weighted by atomic mass is 9.90. The number of anilines is 1. The lowest BCUT2D eigenvalue weighted by molar-refractivity contribution is 0.460. The summed E-state index contributed by atoms with van der Waals surface area (Å²) in [6.45, 7) is 4.85. The van der Waals surface area contributed by atoms with Crippen LogP contribution in [-0.4, -0.2) is 26.2 Å². The van der Waals surface area contributed by atoms with Gasteiger partial charge in [-0.1, -0.05) is 12.1 Å². The number of nitrogens with zero attached hydrogens (tertiary/aromatic N) is 1. The molecule has 3 rings (SSSR count). The van der Waals surface area contributed by atoms with Crippen molar-refractivity contribution in [2.24, 2.45) is 0 Å². The van der Waals surface area contributed by atoms with E-state index in [0.717, 1.165) is 5.92 Å².